The van der Waals surface area contributed by atoms with Gasteiger partial charge in [-0.2, -0.15) is 0 Å². The molecule has 3 N–H and O–H groups in total. The van der Waals surface area contributed by atoms with E-state index < -0.39 is 0 Å². The van der Waals surface area contributed by atoms with Crippen LogP contribution in [0.25, 0.3) is 0 Å². The number of hydrogen-bond acceptors (Lipinski definition) is 4. The van der Waals surface area contributed by atoms with Gasteiger partial charge in [-0.25, -0.2) is 0 Å². The second kappa shape index (κ2) is 7.38. The molecule has 1 aliphatic heterocycles. The van der Waals surface area contributed by atoms with Crippen molar-refractivity contribution in [2.75, 3.05) is 19.8 Å². The number of hydrazine groups is 1. The van der Waals surface area contributed by atoms with Crippen molar-refractivity contribution >= 4 is 11.6 Å². The Hall–Kier alpha value is -0.650. The third kappa shape index (κ3) is 3.51. The van der Waals surface area contributed by atoms with Gasteiger partial charge in [0.2, 0.25) is 0 Å². The summed E-state index contributed by atoms with van der Waals surface area (Å²) in [6.45, 7) is 4.10. The van der Waals surface area contributed by atoms with Crippen molar-refractivity contribution in [3.8, 4) is 0 Å². The van der Waals surface area contributed by atoms with Gasteiger partial charge in [0, 0.05) is 37.7 Å². The lowest BCUT2D eigenvalue weighted by molar-refractivity contribution is -0.126. The van der Waals surface area contributed by atoms with E-state index in [1.165, 1.54) is 0 Å². The summed E-state index contributed by atoms with van der Waals surface area (Å²) >= 11 is 6.25. The van der Waals surface area contributed by atoms with Crippen LogP contribution in [0.15, 0.2) is 24.3 Å². The third-order valence-corrected chi connectivity index (χ3v) is 4.36. The Bertz CT molecular complexity index is 417. The van der Waals surface area contributed by atoms with Crippen molar-refractivity contribution in [2.24, 2.45) is 5.84 Å². The van der Waals surface area contributed by atoms with Crippen LogP contribution in [0.3, 0.4) is 0 Å². The smallest absolute Gasteiger partial charge is 0.0895 e. The van der Waals surface area contributed by atoms with Gasteiger partial charge in [-0.1, -0.05) is 29.8 Å². The predicted molar refractivity (Wildman–Crippen MR) is 80.7 cm³/mol. The van der Waals surface area contributed by atoms with Gasteiger partial charge in [-0.3, -0.25) is 11.3 Å². The minimum Gasteiger partial charge on any atom is -0.381 e. The molecule has 0 saturated carbocycles. The van der Waals surface area contributed by atoms with Crippen LogP contribution in [-0.4, -0.2) is 31.5 Å². The first-order valence-corrected chi connectivity index (χ1v) is 7.51. The Kier molecular flexibility index (Phi) is 5.81. The van der Waals surface area contributed by atoms with Crippen LogP contribution in [0.1, 0.15) is 25.3 Å². The maximum absolute atomic E-state index is 6.25. The summed E-state index contributed by atoms with van der Waals surface area (Å²) in [6.07, 6.45) is 2.44. The van der Waals surface area contributed by atoms with Crippen LogP contribution < -0.4 is 11.3 Å². The number of nitrogens with one attached hydrogen (secondary N) is 1. The van der Waals surface area contributed by atoms with Gasteiger partial charge in [0.05, 0.1) is 11.6 Å². The van der Waals surface area contributed by atoms with E-state index in [0.717, 1.165) is 29.8 Å². The van der Waals surface area contributed by atoms with Gasteiger partial charge in [0.25, 0.3) is 0 Å². The standard InChI is InChI=1S/C15H23ClN2O2/c1-2-20-15(7-9-19-10-8-15)14(18-17)11-12-5-3-4-6-13(12)16/h3-6,14,18H,2,7-11,17H2,1H3. The van der Waals surface area contributed by atoms with E-state index in [1.54, 1.807) is 0 Å². The molecule has 1 aromatic rings. The molecule has 5 heteroatoms. The zero-order valence-corrected chi connectivity index (χ0v) is 12.7. The molecule has 1 fully saturated rings. The molecular weight excluding hydrogens is 276 g/mol. The van der Waals surface area contributed by atoms with Gasteiger partial charge in [-0.15, -0.1) is 0 Å². The Labute approximate surface area is 125 Å². The molecule has 1 saturated heterocycles. The van der Waals surface area contributed by atoms with Crippen molar-refractivity contribution < 1.29 is 9.47 Å². The van der Waals surface area contributed by atoms with E-state index in [4.69, 9.17) is 26.9 Å². The minimum absolute atomic E-state index is 0.0197. The summed E-state index contributed by atoms with van der Waals surface area (Å²) in [5, 5.41) is 0.770. The van der Waals surface area contributed by atoms with Crippen molar-refractivity contribution in [1.82, 2.24) is 5.43 Å². The number of halogens is 1. The summed E-state index contributed by atoms with van der Waals surface area (Å²) in [5.74, 6) is 5.80. The topological polar surface area (TPSA) is 56.5 Å². The molecule has 4 nitrogen and oxygen atoms in total. The molecule has 1 unspecified atom stereocenters. The third-order valence-electron chi connectivity index (χ3n) is 3.99. The average Bonchev–Trinajstić information content (AvgIpc) is 2.47. The Morgan fingerprint density at radius 1 is 1.40 bits per heavy atom. The fourth-order valence-corrected chi connectivity index (χ4v) is 3.09. The molecule has 1 heterocycles. The lowest BCUT2D eigenvalue weighted by atomic mass is 9.83. The normalized spacial score (nSPS) is 19.8. The molecule has 1 atom stereocenters. The highest BCUT2D eigenvalue weighted by atomic mass is 35.5. The second-order valence-corrected chi connectivity index (χ2v) is 5.53. The molecule has 112 valence electrons. The molecule has 0 amide bonds. The summed E-state index contributed by atoms with van der Waals surface area (Å²) in [7, 11) is 0. The minimum atomic E-state index is -0.277. The molecule has 2 rings (SSSR count). The Balaban J connectivity index is 2.18. The highest BCUT2D eigenvalue weighted by molar-refractivity contribution is 6.31. The van der Waals surface area contributed by atoms with Gasteiger partial charge in [0.1, 0.15) is 0 Å². The average molecular weight is 299 g/mol. The highest BCUT2D eigenvalue weighted by Crippen LogP contribution is 2.31. The number of benzene rings is 1. The van der Waals surface area contributed by atoms with E-state index in [9.17, 15) is 0 Å². The lowest BCUT2D eigenvalue weighted by Crippen LogP contribution is -2.58. The first kappa shape index (κ1) is 15.7. The first-order chi connectivity index (χ1) is 9.72. The van der Waals surface area contributed by atoms with E-state index in [0.29, 0.717) is 19.8 Å². The monoisotopic (exact) mass is 298 g/mol. The fraction of sp³-hybridized carbons (Fsp3) is 0.600. The Morgan fingerprint density at radius 3 is 2.70 bits per heavy atom. The summed E-state index contributed by atoms with van der Waals surface area (Å²) < 4.78 is 11.5. The van der Waals surface area contributed by atoms with Crippen molar-refractivity contribution in [1.29, 1.82) is 0 Å². The van der Waals surface area contributed by atoms with Crippen LogP contribution in [0.5, 0.6) is 0 Å². The number of nitrogens with two attached hydrogens (primary N) is 1. The molecule has 0 aromatic heterocycles. The maximum atomic E-state index is 6.25. The SMILES string of the molecule is CCOC1(C(Cc2ccccc2Cl)NN)CCOCC1. The number of rotatable bonds is 6. The maximum Gasteiger partial charge on any atom is 0.0895 e. The lowest BCUT2D eigenvalue weighted by Gasteiger charge is -2.43. The molecule has 20 heavy (non-hydrogen) atoms. The molecular formula is C15H23ClN2O2. The van der Waals surface area contributed by atoms with Crippen LogP contribution in [0, 0.1) is 0 Å². The van der Waals surface area contributed by atoms with Crippen LogP contribution in [0.2, 0.25) is 5.02 Å². The second-order valence-electron chi connectivity index (χ2n) is 5.12. The van der Waals surface area contributed by atoms with Crippen molar-refractivity contribution in [3.63, 3.8) is 0 Å². The largest absolute Gasteiger partial charge is 0.381 e. The molecule has 1 aliphatic rings. The zero-order valence-electron chi connectivity index (χ0n) is 11.9. The zero-order chi connectivity index (χ0) is 14.4. The van der Waals surface area contributed by atoms with Crippen LogP contribution in [0.4, 0.5) is 0 Å². The van der Waals surface area contributed by atoms with Crippen LogP contribution in [-0.2, 0) is 15.9 Å². The number of hydrogen-bond donors (Lipinski definition) is 2. The molecule has 0 radical (unpaired) electrons. The van der Waals surface area contributed by atoms with Crippen molar-refractivity contribution in [3.05, 3.63) is 34.9 Å². The first-order valence-electron chi connectivity index (χ1n) is 7.13. The number of ether oxygens (including phenoxy) is 2. The highest BCUT2D eigenvalue weighted by Gasteiger charge is 2.40. The predicted octanol–water partition coefficient (Wildman–Crippen LogP) is 2.30. The van der Waals surface area contributed by atoms with Crippen LogP contribution >= 0.6 is 11.6 Å². The summed E-state index contributed by atoms with van der Waals surface area (Å²) in [5.41, 5.74) is 3.74. The molecule has 0 bridgehead atoms. The van der Waals surface area contributed by atoms with Gasteiger partial charge in [-0.05, 0) is 25.0 Å². The molecule has 0 spiro atoms. The fourth-order valence-electron chi connectivity index (χ4n) is 2.88. The van der Waals surface area contributed by atoms with Gasteiger partial charge in [0.15, 0.2) is 0 Å². The van der Waals surface area contributed by atoms with E-state index >= 15 is 0 Å². The summed E-state index contributed by atoms with van der Waals surface area (Å²) in [4.78, 5) is 0. The quantitative estimate of drug-likeness (QED) is 0.625. The Morgan fingerprint density at radius 2 is 2.10 bits per heavy atom. The van der Waals surface area contributed by atoms with E-state index in [1.807, 2.05) is 31.2 Å². The van der Waals surface area contributed by atoms with Crippen molar-refractivity contribution in [2.45, 2.75) is 37.8 Å². The van der Waals surface area contributed by atoms with Gasteiger partial charge >= 0.3 is 0 Å². The van der Waals surface area contributed by atoms with E-state index in [2.05, 4.69) is 5.43 Å². The van der Waals surface area contributed by atoms with E-state index in [-0.39, 0.29) is 11.6 Å². The molecule has 0 aliphatic carbocycles. The summed E-state index contributed by atoms with van der Waals surface area (Å²) in [6, 6.07) is 7.88. The van der Waals surface area contributed by atoms with Gasteiger partial charge < -0.3 is 9.47 Å². The molecule has 1 aromatic carbocycles.